The number of aryl methyl sites for hydroxylation is 1. The number of ether oxygens (including phenoxy) is 2. The van der Waals surface area contributed by atoms with Crippen LogP contribution in [-0.2, 0) is 4.79 Å². The summed E-state index contributed by atoms with van der Waals surface area (Å²) in [6.45, 7) is 4.92. The lowest BCUT2D eigenvalue weighted by atomic mass is 10.3. The number of nitrogens with one attached hydrogen (secondary N) is 1. The number of thioether (sulfide) groups is 1. The van der Waals surface area contributed by atoms with E-state index in [1.165, 1.54) is 11.8 Å². The van der Waals surface area contributed by atoms with Gasteiger partial charge in [0.2, 0.25) is 5.91 Å². The highest BCUT2D eigenvalue weighted by atomic mass is 32.2. The second kappa shape index (κ2) is 6.95. The summed E-state index contributed by atoms with van der Waals surface area (Å²) in [5.41, 5.74) is 0. The average molecular weight is 334 g/mol. The van der Waals surface area contributed by atoms with Crippen LogP contribution in [0.4, 0.5) is 5.82 Å². The number of carbonyl (C=O) groups is 1. The first kappa shape index (κ1) is 15.7. The van der Waals surface area contributed by atoms with Gasteiger partial charge in [-0.25, -0.2) is 0 Å². The molecule has 1 aromatic carbocycles. The predicted molar refractivity (Wildman–Crippen MR) is 87.2 cm³/mol. The monoisotopic (exact) mass is 334 g/mol. The van der Waals surface area contributed by atoms with Gasteiger partial charge in [0.15, 0.2) is 17.3 Å². The highest BCUT2D eigenvalue weighted by Gasteiger charge is 2.18. The second-order valence-corrected chi connectivity index (χ2v) is 6.65. The van der Waals surface area contributed by atoms with Crippen LogP contribution in [0.1, 0.15) is 19.1 Å². The summed E-state index contributed by atoms with van der Waals surface area (Å²) in [5, 5.41) is 6.21. The first-order chi connectivity index (χ1) is 11.1. The molecule has 1 aromatic heterocycles. The molecule has 1 unspecified atom stereocenters. The number of aromatic nitrogens is 1. The van der Waals surface area contributed by atoms with Crippen molar-refractivity contribution in [2.24, 2.45) is 0 Å². The maximum Gasteiger partial charge on any atom is 0.238 e. The molecule has 0 saturated heterocycles. The summed E-state index contributed by atoms with van der Waals surface area (Å²) in [4.78, 5) is 13.2. The van der Waals surface area contributed by atoms with Crippen LogP contribution in [0.5, 0.6) is 11.5 Å². The Morgan fingerprint density at radius 1 is 1.26 bits per heavy atom. The van der Waals surface area contributed by atoms with E-state index in [0.29, 0.717) is 24.8 Å². The van der Waals surface area contributed by atoms with Crippen LogP contribution in [-0.4, -0.2) is 29.5 Å². The van der Waals surface area contributed by atoms with Gasteiger partial charge in [-0.15, -0.1) is 11.8 Å². The van der Waals surface area contributed by atoms with Gasteiger partial charge in [0, 0.05) is 17.4 Å². The van der Waals surface area contributed by atoms with E-state index in [1.807, 2.05) is 25.1 Å². The molecule has 0 radical (unpaired) electrons. The average Bonchev–Trinajstić information content (AvgIpc) is 2.80. The quantitative estimate of drug-likeness (QED) is 0.865. The van der Waals surface area contributed by atoms with Crippen LogP contribution in [0.25, 0.3) is 0 Å². The third-order valence-corrected chi connectivity index (χ3v) is 4.37. The van der Waals surface area contributed by atoms with Gasteiger partial charge in [-0.05, 0) is 32.0 Å². The van der Waals surface area contributed by atoms with E-state index in [0.717, 1.165) is 22.8 Å². The van der Waals surface area contributed by atoms with E-state index in [1.54, 1.807) is 13.0 Å². The van der Waals surface area contributed by atoms with Gasteiger partial charge >= 0.3 is 0 Å². The maximum atomic E-state index is 12.2. The molecule has 2 aromatic rings. The van der Waals surface area contributed by atoms with E-state index >= 15 is 0 Å². The molecule has 3 rings (SSSR count). The topological polar surface area (TPSA) is 73.6 Å². The van der Waals surface area contributed by atoms with Crippen molar-refractivity contribution in [1.29, 1.82) is 0 Å². The normalized spacial score (nSPS) is 14.9. The van der Waals surface area contributed by atoms with Crippen LogP contribution < -0.4 is 14.8 Å². The highest BCUT2D eigenvalue weighted by molar-refractivity contribution is 8.00. The molecular formula is C16H18N2O4S. The number of rotatable bonds is 4. The van der Waals surface area contributed by atoms with E-state index in [-0.39, 0.29) is 11.2 Å². The Bertz CT molecular complexity index is 701. The molecule has 0 saturated carbocycles. The number of benzene rings is 1. The van der Waals surface area contributed by atoms with Crippen LogP contribution >= 0.6 is 11.8 Å². The Hall–Kier alpha value is -2.15. The third kappa shape index (κ3) is 3.98. The first-order valence-electron chi connectivity index (χ1n) is 7.42. The minimum Gasteiger partial charge on any atom is -0.490 e. The summed E-state index contributed by atoms with van der Waals surface area (Å²) in [6.07, 6.45) is 0.868. The number of nitrogens with zero attached hydrogens (tertiary/aromatic N) is 1. The lowest BCUT2D eigenvalue weighted by molar-refractivity contribution is -0.115. The molecule has 122 valence electrons. The molecule has 1 N–H and O–H groups in total. The van der Waals surface area contributed by atoms with Crippen LogP contribution in [0.2, 0.25) is 0 Å². The zero-order chi connectivity index (χ0) is 16.2. The zero-order valence-corrected chi connectivity index (χ0v) is 13.8. The second-order valence-electron chi connectivity index (χ2n) is 5.23. The van der Waals surface area contributed by atoms with Gasteiger partial charge in [0.05, 0.1) is 18.5 Å². The van der Waals surface area contributed by atoms with Crippen molar-refractivity contribution in [2.45, 2.75) is 30.4 Å². The van der Waals surface area contributed by atoms with Crippen molar-refractivity contribution in [3.63, 3.8) is 0 Å². The standard InChI is InChI=1S/C16H18N2O4S/c1-10-8-15(18-22-10)17-16(19)11(2)23-12-4-5-13-14(9-12)21-7-3-6-20-13/h4-5,8-9,11H,3,6-7H2,1-2H3,(H,17,18,19). The number of anilines is 1. The van der Waals surface area contributed by atoms with Gasteiger partial charge in [0.25, 0.3) is 0 Å². The maximum absolute atomic E-state index is 12.2. The van der Waals surface area contributed by atoms with E-state index in [9.17, 15) is 4.79 Å². The summed E-state index contributed by atoms with van der Waals surface area (Å²) in [7, 11) is 0. The molecule has 6 nitrogen and oxygen atoms in total. The van der Waals surface area contributed by atoms with Gasteiger partial charge in [-0.1, -0.05) is 5.16 Å². The largest absolute Gasteiger partial charge is 0.490 e. The Balaban J connectivity index is 1.64. The fraction of sp³-hybridized carbons (Fsp3) is 0.375. The lowest BCUT2D eigenvalue weighted by Gasteiger charge is -2.12. The molecular weight excluding hydrogens is 316 g/mol. The summed E-state index contributed by atoms with van der Waals surface area (Å²) in [5.74, 6) is 2.44. The van der Waals surface area contributed by atoms with E-state index < -0.39 is 0 Å². The summed E-state index contributed by atoms with van der Waals surface area (Å²) < 4.78 is 16.2. The Labute approximate surface area is 138 Å². The Morgan fingerprint density at radius 2 is 2.04 bits per heavy atom. The fourth-order valence-electron chi connectivity index (χ4n) is 2.13. The van der Waals surface area contributed by atoms with Crippen molar-refractivity contribution in [2.75, 3.05) is 18.5 Å². The van der Waals surface area contributed by atoms with Gasteiger partial charge < -0.3 is 19.3 Å². The summed E-state index contributed by atoms with van der Waals surface area (Å²) in [6, 6.07) is 7.41. The fourth-order valence-corrected chi connectivity index (χ4v) is 3.02. The number of fused-ring (bicyclic) bond motifs is 1. The molecule has 0 bridgehead atoms. The molecule has 0 aliphatic carbocycles. The van der Waals surface area contributed by atoms with Crippen LogP contribution in [0.3, 0.4) is 0 Å². The molecule has 2 heterocycles. The van der Waals surface area contributed by atoms with E-state index in [2.05, 4.69) is 10.5 Å². The third-order valence-electron chi connectivity index (χ3n) is 3.28. The van der Waals surface area contributed by atoms with Gasteiger partial charge in [-0.3, -0.25) is 4.79 Å². The Morgan fingerprint density at radius 3 is 2.78 bits per heavy atom. The van der Waals surface area contributed by atoms with Gasteiger partial charge in [0.1, 0.15) is 5.76 Å². The molecule has 1 atom stereocenters. The Kier molecular flexibility index (Phi) is 4.76. The van der Waals surface area contributed by atoms with Crippen molar-refractivity contribution in [3.05, 3.63) is 30.0 Å². The smallest absolute Gasteiger partial charge is 0.238 e. The van der Waals surface area contributed by atoms with Crippen LogP contribution in [0.15, 0.2) is 33.7 Å². The molecule has 1 amide bonds. The van der Waals surface area contributed by atoms with Crippen LogP contribution in [0, 0.1) is 6.92 Å². The van der Waals surface area contributed by atoms with Crippen molar-refractivity contribution < 1.29 is 18.8 Å². The molecule has 1 aliphatic rings. The molecule has 1 aliphatic heterocycles. The van der Waals surface area contributed by atoms with Gasteiger partial charge in [-0.2, -0.15) is 0 Å². The molecule has 7 heteroatoms. The van der Waals surface area contributed by atoms with Crippen molar-refractivity contribution in [1.82, 2.24) is 5.16 Å². The van der Waals surface area contributed by atoms with Crippen molar-refractivity contribution in [3.8, 4) is 11.5 Å². The lowest BCUT2D eigenvalue weighted by Crippen LogP contribution is -2.22. The molecule has 0 fully saturated rings. The number of hydrogen-bond donors (Lipinski definition) is 1. The SMILES string of the molecule is Cc1cc(NC(=O)C(C)Sc2ccc3c(c2)OCCCO3)no1. The predicted octanol–water partition coefficient (Wildman–Crippen LogP) is 3.26. The zero-order valence-electron chi connectivity index (χ0n) is 13.0. The minimum absolute atomic E-state index is 0.129. The minimum atomic E-state index is -0.281. The molecule has 0 spiro atoms. The van der Waals surface area contributed by atoms with E-state index in [4.69, 9.17) is 14.0 Å². The number of hydrogen-bond acceptors (Lipinski definition) is 6. The molecule has 23 heavy (non-hydrogen) atoms. The summed E-state index contributed by atoms with van der Waals surface area (Å²) >= 11 is 1.45. The first-order valence-corrected chi connectivity index (χ1v) is 8.30. The van der Waals surface area contributed by atoms with Crippen molar-refractivity contribution >= 4 is 23.5 Å². The number of amides is 1. The highest BCUT2D eigenvalue weighted by Crippen LogP contribution is 2.35. The number of carbonyl (C=O) groups excluding carboxylic acids is 1.